The third-order valence-corrected chi connectivity index (χ3v) is 3.93. The molecule has 0 bridgehead atoms. The van der Waals surface area contributed by atoms with E-state index in [1.807, 2.05) is 37.4 Å². The Balaban J connectivity index is 2.49. The van der Waals surface area contributed by atoms with Crippen LogP contribution in [-0.2, 0) is 5.54 Å². The Hall–Kier alpha value is -0.910. The molecule has 0 spiro atoms. The fourth-order valence-electron chi connectivity index (χ4n) is 1.54. The van der Waals surface area contributed by atoms with E-state index in [0.717, 1.165) is 26.5 Å². The molecule has 5 heteroatoms. The van der Waals surface area contributed by atoms with E-state index in [9.17, 15) is 0 Å². The SMILES string of the molecule is COc1ccc(Br)cc1-c1nc(C(C)(C)N)cs1. The van der Waals surface area contributed by atoms with Crippen LogP contribution in [0.15, 0.2) is 28.1 Å². The predicted molar refractivity (Wildman–Crippen MR) is 79.0 cm³/mol. The summed E-state index contributed by atoms with van der Waals surface area (Å²) in [6.45, 7) is 3.90. The monoisotopic (exact) mass is 326 g/mol. The highest BCUT2D eigenvalue weighted by molar-refractivity contribution is 9.10. The Labute approximate surface area is 119 Å². The Morgan fingerprint density at radius 3 is 2.67 bits per heavy atom. The first-order chi connectivity index (χ1) is 8.41. The van der Waals surface area contributed by atoms with Gasteiger partial charge in [0.25, 0.3) is 0 Å². The zero-order chi connectivity index (χ0) is 13.3. The first-order valence-electron chi connectivity index (χ1n) is 5.50. The second-order valence-electron chi connectivity index (χ2n) is 4.60. The summed E-state index contributed by atoms with van der Waals surface area (Å²) in [4.78, 5) is 4.59. The first kappa shape index (κ1) is 13.5. The van der Waals surface area contributed by atoms with Crippen molar-refractivity contribution in [3.05, 3.63) is 33.7 Å². The molecule has 2 aromatic rings. The van der Waals surface area contributed by atoms with Gasteiger partial charge in [0.2, 0.25) is 0 Å². The summed E-state index contributed by atoms with van der Waals surface area (Å²) in [7, 11) is 1.66. The third-order valence-electron chi connectivity index (χ3n) is 2.56. The third kappa shape index (κ3) is 2.74. The molecule has 1 aromatic heterocycles. The van der Waals surface area contributed by atoms with Gasteiger partial charge in [0.15, 0.2) is 0 Å². The van der Waals surface area contributed by atoms with Crippen molar-refractivity contribution in [2.75, 3.05) is 7.11 Å². The van der Waals surface area contributed by atoms with Crippen LogP contribution in [0.5, 0.6) is 5.75 Å². The van der Waals surface area contributed by atoms with Gasteiger partial charge in [0.1, 0.15) is 10.8 Å². The summed E-state index contributed by atoms with van der Waals surface area (Å²) >= 11 is 5.04. The average molecular weight is 327 g/mol. The van der Waals surface area contributed by atoms with Crippen LogP contribution in [0.3, 0.4) is 0 Å². The Bertz CT molecular complexity index is 560. The quantitative estimate of drug-likeness (QED) is 0.933. The van der Waals surface area contributed by atoms with Crippen LogP contribution in [0.2, 0.25) is 0 Å². The van der Waals surface area contributed by atoms with Crippen LogP contribution in [0.1, 0.15) is 19.5 Å². The standard InChI is InChI=1S/C13H15BrN2OS/c1-13(2,15)11-7-18-12(16-11)9-6-8(14)4-5-10(9)17-3/h4-7H,15H2,1-3H3. The maximum Gasteiger partial charge on any atom is 0.129 e. The number of ether oxygens (including phenoxy) is 1. The Morgan fingerprint density at radius 1 is 1.39 bits per heavy atom. The average Bonchev–Trinajstić information content (AvgIpc) is 2.77. The lowest BCUT2D eigenvalue weighted by Gasteiger charge is -2.14. The van der Waals surface area contributed by atoms with Crippen LogP contribution < -0.4 is 10.5 Å². The van der Waals surface area contributed by atoms with Crippen molar-refractivity contribution in [3.8, 4) is 16.3 Å². The van der Waals surface area contributed by atoms with Crippen molar-refractivity contribution in [1.29, 1.82) is 0 Å². The van der Waals surface area contributed by atoms with Gasteiger partial charge in [-0.1, -0.05) is 15.9 Å². The van der Waals surface area contributed by atoms with Gasteiger partial charge in [-0.3, -0.25) is 0 Å². The summed E-state index contributed by atoms with van der Waals surface area (Å²) in [5.41, 5.74) is 7.50. The molecule has 2 N–H and O–H groups in total. The van der Waals surface area contributed by atoms with Crippen LogP contribution in [0, 0.1) is 0 Å². The first-order valence-corrected chi connectivity index (χ1v) is 7.18. The predicted octanol–water partition coefficient (Wildman–Crippen LogP) is 3.78. The number of aromatic nitrogens is 1. The fourth-order valence-corrected chi connectivity index (χ4v) is 2.92. The molecule has 0 atom stereocenters. The second kappa shape index (κ2) is 4.99. The molecule has 1 aromatic carbocycles. The number of methoxy groups -OCH3 is 1. The van der Waals surface area contributed by atoms with E-state index in [1.165, 1.54) is 0 Å². The molecule has 3 nitrogen and oxygen atoms in total. The van der Waals surface area contributed by atoms with Crippen molar-refractivity contribution >= 4 is 27.3 Å². The smallest absolute Gasteiger partial charge is 0.129 e. The highest BCUT2D eigenvalue weighted by Gasteiger charge is 2.19. The van der Waals surface area contributed by atoms with Gasteiger partial charge in [-0.05, 0) is 32.0 Å². The second-order valence-corrected chi connectivity index (χ2v) is 6.38. The molecule has 96 valence electrons. The van der Waals surface area contributed by atoms with Crippen molar-refractivity contribution in [3.63, 3.8) is 0 Å². The minimum absolute atomic E-state index is 0.423. The maximum atomic E-state index is 6.05. The molecule has 0 fully saturated rings. The molecule has 0 saturated heterocycles. The fraction of sp³-hybridized carbons (Fsp3) is 0.308. The molecular formula is C13H15BrN2OS. The molecule has 0 radical (unpaired) electrons. The zero-order valence-corrected chi connectivity index (χ0v) is 12.9. The molecule has 0 aliphatic rings. The number of benzene rings is 1. The van der Waals surface area contributed by atoms with E-state index in [0.29, 0.717) is 0 Å². The van der Waals surface area contributed by atoms with Gasteiger partial charge in [0.05, 0.1) is 23.9 Å². The Kier molecular flexibility index (Phi) is 3.75. The summed E-state index contributed by atoms with van der Waals surface area (Å²) < 4.78 is 6.37. The van der Waals surface area contributed by atoms with E-state index in [-0.39, 0.29) is 0 Å². The summed E-state index contributed by atoms with van der Waals surface area (Å²) in [5.74, 6) is 0.814. The van der Waals surface area contributed by atoms with Crippen LogP contribution in [-0.4, -0.2) is 12.1 Å². The van der Waals surface area contributed by atoms with Crippen molar-refractivity contribution < 1.29 is 4.74 Å². The minimum Gasteiger partial charge on any atom is -0.496 e. The van der Waals surface area contributed by atoms with Gasteiger partial charge in [0, 0.05) is 9.85 Å². The summed E-state index contributed by atoms with van der Waals surface area (Å²) in [6, 6.07) is 5.88. The summed E-state index contributed by atoms with van der Waals surface area (Å²) in [5, 5.41) is 2.91. The number of rotatable bonds is 3. The number of nitrogens with two attached hydrogens (primary N) is 1. The lowest BCUT2D eigenvalue weighted by atomic mass is 10.0. The number of thiazole rings is 1. The summed E-state index contributed by atoms with van der Waals surface area (Å²) in [6.07, 6.45) is 0. The molecular weight excluding hydrogens is 312 g/mol. The van der Waals surface area contributed by atoms with Crippen LogP contribution in [0.4, 0.5) is 0 Å². The van der Waals surface area contributed by atoms with Crippen molar-refractivity contribution in [2.24, 2.45) is 5.73 Å². The number of hydrogen-bond donors (Lipinski definition) is 1. The van der Waals surface area contributed by atoms with Crippen molar-refractivity contribution in [1.82, 2.24) is 4.98 Å². The van der Waals surface area contributed by atoms with Crippen LogP contribution in [0.25, 0.3) is 10.6 Å². The highest BCUT2D eigenvalue weighted by Crippen LogP contribution is 2.35. The van der Waals surface area contributed by atoms with Gasteiger partial charge >= 0.3 is 0 Å². The molecule has 18 heavy (non-hydrogen) atoms. The number of hydrogen-bond acceptors (Lipinski definition) is 4. The van der Waals surface area contributed by atoms with E-state index < -0.39 is 5.54 Å². The largest absolute Gasteiger partial charge is 0.496 e. The highest BCUT2D eigenvalue weighted by atomic mass is 79.9. The number of nitrogens with zero attached hydrogens (tertiary/aromatic N) is 1. The molecule has 2 rings (SSSR count). The zero-order valence-electron chi connectivity index (χ0n) is 10.5. The molecule has 0 aliphatic heterocycles. The van der Waals surface area contributed by atoms with E-state index in [1.54, 1.807) is 18.4 Å². The topological polar surface area (TPSA) is 48.1 Å². The molecule has 1 heterocycles. The lowest BCUT2D eigenvalue weighted by Crippen LogP contribution is -2.28. The van der Waals surface area contributed by atoms with Gasteiger partial charge in [-0.2, -0.15) is 0 Å². The maximum absolute atomic E-state index is 6.05. The van der Waals surface area contributed by atoms with Crippen LogP contribution >= 0.6 is 27.3 Å². The normalized spacial score (nSPS) is 11.6. The molecule has 0 saturated carbocycles. The van der Waals surface area contributed by atoms with E-state index >= 15 is 0 Å². The number of halogens is 1. The van der Waals surface area contributed by atoms with Gasteiger partial charge in [-0.15, -0.1) is 11.3 Å². The molecule has 0 aliphatic carbocycles. The van der Waals surface area contributed by atoms with Crippen molar-refractivity contribution in [2.45, 2.75) is 19.4 Å². The molecule has 0 amide bonds. The van der Waals surface area contributed by atoms with E-state index in [4.69, 9.17) is 10.5 Å². The lowest BCUT2D eigenvalue weighted by molar-refractivity contribution is 0.416. The van der Waals surface area contributed by atoms with E-state index in [2.05, 4.69) is 20.9 Å². The minimum atomic E-state index is -0.423. The van der Waals surface area contributed by atoms with Gasteiger partial charge < -0.3 is 10.5 Å². The van der Waals surface area contributed by atoms with Gasteiger partial charge in [-0.25, -0.2) is 4.98 Å². The molecule has 0 unspecified atom stereocenters. The Morgan fingerprint density at radius 2 is 2.11 bits per heavy atom.